The number of primary sulfonamides is 1. The number of halogens is 5. The van der Waals surface area contributed by atoms with E-state index in [2.05, 4.69) is 10.3 Å². The van der Waals surface area contributed by atoms with Gasteiger partial charge in [-0.1, -0.05) is 0 Å². The predicted octanol–water partition coefficient (Wildman–Crippen LogP) is 2.57. The molecule has 35 heavy (non-hydrogen) atoms. The Labute approximate surface area is 197 Å². The Balaban J connectivity index is 2.07. The third-order valence-corrected chi connectivity index (χ3v) is 6.21. The van der Waals surface area contributed by atoms with Crippen molar-refractivity contribution >= 4 is 27.3 Å². The number of sulfonamides is 1. The smallest absolute Gasteiger partial charge is 0.419 e. The summed E-state index contributed by atoms with van der Waals surface area (Å²) < 4.78 is 104. The van der Waals surface area contributed by atoms with Gasteiger partial charge in [0.2, 0.25) is 11.7 Å². The highest BCUT2D eigenvalue weighted by Crippen LogP contribution is 2.47. The molecule has 3 rings (SSSR count). The predicted molar refractivity (Wildman–Crippen MR) is 113 cm³/mol. The number of nitrogens with two attached hydrogens (primary N) is 1. The maximum absolute atomic E-state index is 14.4. The lowest BCUT2D eigenvalue weighted by Gasteiger charge is -2.32. The minimum Gasteiger partial charge on any atom is -0.491 e. The average Bonchev–Trinajstić information content (AvgIpc) is 3.16. The molecule has 0 radical (unpaired) electrons. The van der Waals surface area contributed by atoms with Crippen molar-refractivity contribution in [1.82, 2.24) is 4.98 Å². The third-order valence-electron chi connectivity index (χ3n) is 5.40. The molecule has 9 nitrogen and oxygen atoms in total. The summed E-state index contributed by atoms with van der Waals surface area (Å²) in [6.45, 7) is 0.0659. The van der Waals surface area contributed by atoms with Gasteiger partial charge in [-0.2, -0.15) is 17.6 Å². The summed E-state index contributed by atoms with van der Waals surface area (Å²) in [6, 6.07) is 2.19. The van der Waals surface area contributed by atoms with Crippen LogP contribution in [0.25, 0.3) is 0 Å². The largest absolute Gasteiger partial charge is 0.491 e. The molecule has 1 aliphatic heterocycles. The molecule has 2 heterocycles. The summed E-state index contributed by atoms with van der Waals surface area (Å²) in [7, 11) is -3.23. The summed E-state index contributed by atoms with van der Waals surface area (Å²) in [6.07, 6.45) is -4.80. The highest BCUT2D eigenvalue weighted by atomic mass is 32.2. The normalized spacial score (nSPS) is 20.7. The molecule has 3 N–H and O–H groups in total. The second-order valence-electron chi connectivity index (χ2n) is 7.60. The van der Waals surface area contributed by atoms with Crippen LogP contribution in [0.3, 0.4) is 0 Å². The molecular weight excluding hydrogens is 503 g/mol. The maximum Gasteiger partial charge on any atom is 0.419 e. The summed E-state index contributed by atoms with van der Waals surface area (Å²) in [5, 5.41) is 6.75. The van der Waals surface area contributed by atoms with Gasteiger partial charge >= 0.3 is 6.18 Å². The van der Waals surface area contributed by atoms with E-state index in [0.29, 0.717) is 6.07 Å². The first-order chi connectivity index (χ1) is 16.2. The van der Waals surface area contributed by atoms with Crippen molar-refractivity contribution in [3.05, 3.63) is 42.1 Å². The van der Waals surface area contributed by atoms with Gasteiger partial charge in [-0.3, -0.25) is 4.79 Å². The van der Waals surface area contributed by atoms with Crippen molar-refractivity contribution in [2.75, 3.05) is 30.5 Å². The fraction of sp³-hybridized carbons (Fsp3) is 0.400. The molecule has 1 amide bonds. The molecular formula is C20H21F5N4O5S. The molecule has 1 aromatic carbocycles. The van der Waals surface area contributed by atoms with Gasteiger partial charge in [-0.05, 0) is 25.1 Å². The first kappa shape index (κ1) is 26.6. The Morgan fingerprint density at radius 1 is 1.31 bits per heavy atom. The first-order valence-electron chi connectivity index (χ1n) is 10.0. The zero-order chi connectivity index (χ0) is 26.2. The van der Waals surface area contributed by atoms with Gasteiger partial charge < -0.3 is 19.7 Å². The van der Waals surface area contributed by atoms with Crippen LogP contribution in [0.2, 0.25) is 0 Å². The molecule has 2 aromatic rings. The number of hydrogen-bond donors (Lipinski definition) is 2. The first-order valence-corrected chi connectivity index (χ1v) is 11.6. The monoisotopic (exact) mass is 524 g/mol. The van der Waals surface area contributed by atoms with Crippen LogP contribution in [-0.4, -0.2) is 57.4 Å². The number of nitrogens with zero attached hydrogens (tertiary/aromatic N) is 2. The van der Waals surface area contributed by atoms with E-state index in [4.69, 9.17) is 14.6 Å². The van der Waals surface area contributed by atoms with Gasteiger partial charge in [0.25, 0.3) is 10.0 Å². The van der Waals surface area contributed by atoms with E-state index < -0.39 is 69.1 Å². The zero-order valence-corrected chi connectivity index (χ0v) is 19.2. The van der Waals surface area contributed by atoms with E-state index in [1.54, 1.807) is 0 Å². The van der Waals surface area contributed by atoms with Crippen molar-refractivity contribution in [2.24, 2.45) is 5.14 Å². The highest BCUT2D eigenvalue weighted by Gasteiger charge is 2.63. The number of hydrogen-bond acceptors (Lipinski definition) is 7. The van der Waals surface area contributed by atoms with Gasteiger partial charge in [0.1, 0.15) is 6.04 Å². The van der Waals surface area contributed by atoms with Crippen LogP contribution in [0.4, 0.5) is 33.3 Å². The molecule has 1 fully saturated rings. The molecule has 15 heteroatoms. The number of rotatable bonds is 7. The summed E-state index contributed by atoms with van der Waals surface area (Å²) >= 11 is 0. The molecule has 0 unspecified atom stereocenters. The Hall–Kier alpha value is -3.04. The molecule has 1 aliphatic rings. The molecule has 0 saturated carbocycles. The van der Waals surface area contributed by atoms with Gasteiger partial charge in [-0.15, -0.1) is 0 Å². The Bertz CT molecular complexity index is 1230. The molecule has 1 aromatic heterocycles. The van der Waals surface area contributed by atoms with Crippen LogP contribution < -0.4 is 20.1 Å². The fourth-order valence-electron chi connectivity index (χ4n) is 3.84. The van der Waals surface area contributed by atoms with E-state index >= 15 is 0 Å². The number of carbonyl (C=O) groups is 1. The number of amides is 1. The second kappa shape index (κ2) is 9.54. The molecule has 1 saturated heterocycles. The number of nitrogens with one attached hydrogen (secondary N) is 1. The van der Waals surface area contributed by atoms with E-state index in [9.17, 15) is 35.2 Å². The minimum atomic E-state index is -4.93. The Morgan fingerprint density at radius 3 is 2.57 bits per heavy atom. The van der Waals surface area contributed by atoms with Crippen LogP contribution >= 0.6 is 0 Å². The lowest BCUT2D eigenvalue weighted by Crippen LogP contribution is -2.50. The summed E-state index contributed by atoms with van der Waals surface area (Å²) in [5.74, 6) is -4.45. The van der Waals surface area contributed by atoms with Crippen molar-refractivity contribution in [3.8, 4) is 5.75 Å². The van der Waals surface area contributed by atoms with Gasteiger partial charge in [-0.25, -0.2) is 22.9 Å². The Kier molecular flexibility index (Phi) is 7.24. The standard InChI is InChI=1S/C20H21F5N4O5S/c1-3-34-19(20(23,24)25)9-14(18(30)28-11-6-7-27-15(8-11)35(26,31)32)29(10-19)13-5-4-12(21)16(22)17(13)33-2/h4-8,14H,3,9-10H2,1-2H3,(H2,26,31,32)(H,27,28,30)/t14-,19-/m1/s1. The van der Waals surface area contributed by atoms with E-state index in [1.165, 1.54) is 13.0 Å². The van der Waals surface area contributed by atoms with Crippen LogP contribution in [-0.2, 0) is 19.6 Å². The molecule has 2 atom stereocenters. The summed E-state index contributed by atoms with van der Waals surface area (Å²) in [5.41, 5.74) is -3.24. The number of methoxy groups -OCH3 is 1. The topological polar surface area (TPSA) is 124 Å². The number of benzene rings is 1. The van der Waals surface area contributed by atoms with E-state index in [0.717, 1.165) is 30.3 Å². The summed E-state index contributed by atoms with van der Waals surface area (Å²) in [4.78, 5) is 17.6. The number of anilines is 2. The van der Waals surface area contributed by atoms with Gasteiger partial charge in [0.15, 0.2) is 22.2 Å². The average molecular weight is 524 g/mol. The number of aromatic nitrogens is 1. The van der Waals surface area contributed by atoms with Crippen LogP contribution in [0, 0.1) is 11.6 Å². The molecule has 192 valence electrons. The number of alkyl halides is 3. The van der Waals surface area contributed by atoms with Crippen LogP contribution in [0.5, 0.6) is 5.75 Å². The zero-order valence-electron chi connectivity index (χ0n) is 18.4. The SMILES string of the molecule is CCO[C@]1(C(F)(F)F)C[C@H](C(=O)Nc2ccnc(S(N)(=O)=O)c2)N(c2ccc(F)c(F)c2OC)C1. The quantitative estimate of drug-likeness (QED) is 0.534. The highest BCUT2D eigenvalue weighted by molar-refractivity contribution is 7.89. The van der Waals surface area contributed by atoms with Crippen molar-refractivity contribution in [3.63, 3.8) is 0 Å². The van der Waals surface area contributed by atoms with Crippen LogP contribution in [0.15, 0.2) is 35.5 Å². The molecule has 0 spiro atoms. The molecule has 0 aliphatic carbocycles. The van der Waals surface area contributed by atoms with Crippen molar-refractivity contribution in [1.29, 1.82) is 0 Å². The maximum atomic E-state index is 14.4. The number of carbonyl (C=O) groups excluding carboxylic acids is 1. The van der Waals surface area contributed by atoms with Crippen LogP contribution in [0.1, 0.15) is 13.3 Å². The Morgan fingerprint density at radius 2 is 2.00 bits per heavy atom. The second-order valence-corrected chi connectivity index (χ2v) is 9.11. The number of pyridine rings is 1. The fourth-order valence-corrected chi connectivity index (χ4v) is 4.34. The number of ether oxygens (including phenoxy) is 2. The van der Waals surface area contributed by atoms with Crippen molar-refractivity contribution in [2.45, 2.75) is 36.2 Å². The van der Waals surface area contributed by atoms with Crippen molar-refractivity contribution < 1.29 is 44.6 Å². The van der Waals surface area contributed by atoms with Gasteiger partial charge in [0.05, 0.1) is 19.3 Å². The lowest BCUT2D eigenvalue weighted by atomic mass is 9.98. The molecule has 0 bridgehead atoms. The van der Waals surface area contributed by atoms with E-state index in [1.807, 2.05) is 0 Å². The van der Waals surface area contributed by atoms with E-state index in [-0.39, 0.29) is 18.0 Å². The lowest BCUT2D eigenvalue weighted by molar-refractivity contribution is -0.268. The third kappa shape index (κ3) is 5.16. The minimum absolute atomic E-state index is 0.118. The van der Waals surface area contributed by atoms with Gasteiger partial charge in [0, 0.05) is 31.0 Å².